The third kappa shape index (κ3) is 9.62. The average Bonchev–Trinajstić information content (AvgIpc) is 2.77. The number of aromatic nitrogens is 2. The lowest BCUT2D eigenvalue weighted by molar-refractivity contribution is -0.116. The van der Waals surface area contributed by atoms with E-state index in [1.54, 1.807) is 13.8 Å². The fourth-order valence-corrected chi connectivity index (χ4v) is 3.93. The molecule has 2 aromatic rings. The summed E-state index contributed by atoms with van der Waals surface area (Å²) in [7, 11) is -4.70. The van der Waals surface area contributed by atoms with Crippen molar-refractivity contribution in [3.63, 3.8) is 0 Å². The minimum atomic E-state index is -4.70. The molecule has 0 aliphatic rings. The van der Waals surface area contributed by atoms with Crippen molar-refractivity contribution in [3.05, 3.63) is 64.1 Å². The smallest absolute Gasteiger partial charge is 0.457 e. The van der Waals surface area contributed by atoms with Crippen LogP contribution in [0.4, 0.5) is 10.6 Å². The van der Waals surface area contributed by atoms with E-state index in [0.717, 1.165) is 17.3 Å². The molecule has 1 aromatic heterocycles. The van der Waals surface area contributed by atoms with E-state index in [9.17, 15) is 14.2 Å². The molecule has 2 rings (SSSR count). The van der Waals surface area contributed by atoms with Gasteiger partial charge in [0.2, 0.25) is 6.41 Å². The molecule has 13 heteroatoms. The van der Waals surface area contributed by atoms with Gasteiger partial charge >= 0.3 is 13.1 Å². The number of carbonyl (C=O) groups excluding carboxylic acids is 2. The highest BCUT2D eigenvalue weighted by molar-refractivity contribution is 8.16. The zero-order valence-electron chi connectivity index (χ0n) is 18.8. The highest BCUT2D eigenvalue weighted by Gasteiger charge is 2.20. The van der Waals surface area contributed by atoms with Crippen LogP contribution in [0.5, 0.6) is 0 Å². The zero-order valence-corrected chi connectivity index (χ0v) is 20.5. The van der Waals surface area contributed by atoms with Gasteiger partial charge in [-0.3, -0.25) is 9.32 Å². The summed E-state index contributed by atoms with van der Waals surface area (Å²) in [5, 5.41) is -0.620. The van der Waals surface area contributed by atoms with E-state index in [1.807, 2.05) is 30.3 Å². The van der Waals surface area contributed by atoms with Gasteiger partial charge in [0.25, 0.3) is 0 Å². The summed E-state index contributed by atoms with van der Waals surface area (Å²) in [6, 6.07) is 9.49. The number of nitrogens with two attached hydrogens (primary N) is 1. The van der Waals surface area contributed by atoms with Crippen LogP contribution in [0.1, 0.15) is 30.3 Å². The lowest BCUT2D eigenvalue weighted by atomic mass is 10.2. The third-order valence-electron chi connectivity index (χ3n) is 4.57. The normalized spacial score (nSPS) is 12.1. The van der Waals surface area contributed by atoms with Gasteiger partial charge in [0.15, 0.2) is 0 Å². The molecule has 0 unspecified atom stereocenters. The van der Waals surface area contributed by atoms with Crippen LogP contribution in [-0.4, -0.2) is 49.6 Å². The number of amides is 1. The number of hydrogen-bond donors (Lipinski definition) is 3. The van der Waals surface area contributed by atoms with Crippen LogP contribution < -0.4 is 5.73 Å². The Morgan fingerprint density at radius 1 is 1.26 bits per heavy atom. The Kier molecular flexibility index (Phi) is 10.7. The molecule has 4 N–H and O–H groups in total. The standard InChI is InChI=1S/C21H27N4O7PS/c1-15(25(14-26)13-18-12-23-16(2)24-20(18)22)19(9-11-32-33(28,29)30)34-21(27)31-10-8-17-6-4-3-5-7-17/h3-7,12,14H,8-11,13H2,1-2H3,(H2,22,23,24)(H2,28,29,30)/b19-15-. The van der Waals surface area contributed by atoms with Crippen LogP contribution in [0, 0.1) is 6.92 Å². The maximum Gasteiger partial charge on any atom is 0.469 e. The Balaban J connectivity index is 2.13. The van der Waals surface area contributed by atoms with Crippen LogP contribution in [0.15, 0.2) is 47.1 Å². The molecule has 34 heavy (non-hydrogen) atoms. The van der Waals surface area contributed by atoms with Crippen molar-refractivity contribution < 1.29 is 33.2 Å². The van der Waals surface area contributed by atoms with E-state index in [4.69, 9.17) is 20.3 Å². The van der Waals surface area contributed by atoms with Crippen LogP contribution >= 0.6 is 19.6 Å². The quantitative estimate of drug-likeness (QED) is 0.218. The first-order chi connectivity index (χ1) is 16.1. The molecule has 0 aliphatic carbocycles. The Labute approximate surface area is 201 Å². The lowest BCUT2D eigenvalue weighted by Gasteiger charge is -2.22. The fraction of sp³-hybridized carbons (Fsp3) is 0.333. The summed E-state index contributed by atoms with van der Waals surface area (Å²) in [6.07, 6.45) is 2.54. The molecule has 0 saturated carbocycles. The van der Waals surface area contributed by atoms with Crippen LogP contribution in [0.2, 0.25) is 0 Å². The second kappa shape index (κ2) is 13.2. The maximum atomic E-state index is 12.4. The largest absolute Gasteiger partial charge is 0.469 e. The first kappa shape index (κ1) is 27.5. The van der Waals surface area contributed by atoms with Gasteiger partial charge in [0.05, 0.1) is 19.8 Å². The van der Waals surface area contributed by atoms with Crippen LogP contribution in [0.25, 0.3) is 0 Å². The number of carbonyl (C=O) groups is 2. The number of ether oxygens (including phenoxy) is 1. The highest BCUT2D eigenvalue weighted by atomic mass is 32.2. The SMILES string of the molecule is C/C(=C(\CCOP(=O)(O)O)SC(=O)OCCc1ccccc1)N(C=O)Cc1cnc(C)nc1N. The topological polar surface area (TPSA) is 165 Å². The first-order valence-electron chi connectivity index (χ1n) is 10.2. The van der Waals surface area contributed by atoms with Gasteiger partial charge in [-0.1, -0.05) is 30.3 Å². The van der Waals surface area contributed by atoms with E-state index in [1.165, 1.54) is 11.1 Å². The van der Waals surface area contributed by atoms with E-state index in [0.29, 0.717) is 34.8 Å². The second-order valence-electron chi connectivity index (χ2n) is 7.08. The van der Waals surface area contributed by atoms with Crippen molar-refractivity contribution in [2.45, 2.75) is 33.2 Å². The highest BCUT2D eigenvalue weighted by Crippen LogP contribution is 2.37. The lowest BCUT2D eigenvalue weighted by Crippen LogP contribution is -2.22. The molecule has 0 bridgehead atoms. The number of phosphoric acid groups is 1. The number of rotatable bonds is 12. The fourth-order valence-electron chi connectivity index (χ4n) is 2.80. The molecule has 0 fully saturated rings. The summed E-state index contributed by atoms with van der Waals surface area (Å²) >= 11 is 0.722. The number of phosphoric ester groups is 1. The predicted octanol–water partition coefficient (Wildman–Crippen LogP) is 3.17. The summed E-state index contributed by atoms with van der Waals surface area (Å²) in [4.78, 5) is 51.9. The Hall–Kier alpha value is -2.76. The number of nitrogens with zero attached hydrogens (tertiary/aromatic N) is 3. The van der Waals surface area contributed by atoms with Gasteiger partial charge in [-0.15, -0.1) is 0 Å². The Morgan fingerprint density at radius 2 is 1.97 bits per heavy atom. The molecule has 0 saturated heterocycles. The summed E-state index contributed by atoms with van der Waals surface area (Å²) in [5.74, 6) is 0.696. The van der Waals surface area contributed by atoms with Crippen molar-refractivity contribution >= 4 is 37.1 Å². The van der Waals surface area contributed by atoms with Gasteiger partial charge in [-0.25, -0.2) is 19.3 Å². The Bertz CT molecular complexity index is 1060. The predicted molar refractivity (Wildman–Crippen MR) is 127 cm³/mol. The molecule has 1 heterocycles. The Morgan fingerprint density at radius 3 is 2.59 bits per heavy atom. The van der Waals surface area contributed by atoms with Crippen LogP contribution in [-0.2, 0) is 31.6 Å². The second-order valence-corrected chi connectivity index (χ2v) is 9.35. The molecule has 1 amide bonds. The number of benzene rings is 1. The first-order valence-corrected chi connectivity index (χ1v) is 12.5. The molecular formula is C21H27N4O7PS. The monoisotopic (exact) mass is 510 g/mol. The summed E-state index contributed by atoms with van der Waals surface area (Å²) in [5.41, 5.74) is 7.79. The molecule has 184 valence electrons. The molecule has 11 nitrogen and oxygen atoms in total. The number of nitrogen functional groups attached to an aromatic ring is 1. The average molecular weight is 511 g/mol. The molecule has 0 atom stereocenters. The number of allylic oxidation sites excluding steroid dienone is 1. The molecular weight excluding hydrogens is 483 g/mol. The summed E-state index contributed by atoms with van der Waals surface area (Å²) < 4.78 is 20.8. The molecule has 0 spiro atoms. The molecule has 0 aliphatic heterocycles. The van der Waals surface area contributed by atoms with E-state index < -0.39 is 13.1 Å². The van der Waals surface area contributed by atoms with E-state index in [2.05, 4.69) is 14.5 Å². The zero-order chi connectivity index (χ0) is 25.1. The van der Waals surface area contributed by atoms with Gasteiger partial charge in [0.1, 0.15) is 11.6 Å². The molecule has 1 aromatic carbocycles. The number of anilines is 1. The minimum absolute atomic E-state index is 0.0356. The van der Waals surface area contributed by atoms with E-state index >= 15 is 0 Å². The van der Waals surface area contributed by atoms with Crippen molar-refractivity contribution in [2.75, 3.05) is 18.9 Å². The van der Waals surface area contributed by atoms with Gasteiger partial charge in [-0.2, -0.15) is 0 Å². The van der Waals surface area contributed by atoms with Crippen molar-refractivity contribution in [1.82, 2.24) is 14.9 Å². The molecule has 0 radical (unpaired) electrons. The van der Waals surface area contributed by atoms with Crippen molar-refractivity contribution in [1.29, 1.82) is 0 Å². The van der Waals surface area contributed by atoms with E-state index in [-0.39, 0.29) is 32.0 Å². The van der Waals surface area contributed by atoms with Gasteiger partial charge in [0, 0.05) is 35.2 Å². The number of hydrogen-bond acceptors (Lipinski definition) is 9. The number of aryl methyl sites for hydroxylation is 1. The number of thioether (sulfide) groups is 1. The van der Waals surface area contributed by atoms with Crippen molar-refractivity contribution in [3.8, 4) is 0 Å². The van der Waals surface area contributed by atoms with Crippen molar-refractivity contribution in [2.24, 2.45) is 0 Å². The maximum absolute atomic E-state index is 12.4. The third-order valence-corrected chi connectivity index (χ3v) is 6.12. The summed E-state index contributed by atoms with van der Waals surface area (Å²) in [6.45, 7) is 3.09. The van der Waals surface area contributed by atoms with Crippen LogP contribution in [0.3, 0.4) is 0 Å². The van der Waals surface area contributed by atoms with Gasteiger partial charge in [-0.05, 0) is 31.2 Å². The van der Waals surface area contributed by atoms with Gasteiger partial charge < -0.3 is 25.2 Å². The minimum Gasteiger partial charge on any atom is -0.457 e.